The van der Waals surface area contributed by atoms with E-state index in [1.165, 1.54) is 6.07 Å². The molecule has 0 aliphatic carbocycles. The average Bonchev–Trinajstić information content (AvgIpc) is 3.27. The maximum atomic E-state index is 13.7. The molecule has 3 aromatic rings. The Hall–Kier alpha value is -3.75. The maximum absolute atomic E-state index is 13.7. The van der Waals surface area contributed by atoms with Crippen molar-refractivity contribution < 1.29 is 13.6 Å². The van der Waals surface area contributed by atoms with Crippen molar-refractivity contribution in [2.45, 2.75) is 19.8 Å². The second-order valence-electron chi connectivity index (χ2n) is 7.26. The molecule has 160 valence electrons. The van der Waals surface area contributed by atoms with Crippen molar-refractivity contribution in [1.82, 2.24) is 9.97 Å². The van der Waals surface area contributed by atoms with Crippen molar-refractivity contribution in [1.29, 1.82) is 0 Å². The summed E-state index contributed by atoms with van der Waals surface area (Å²) >= 11 is 0. The number of amides is 2. The number of aromatic nitrogens is 2. The summed E-state index contributed by atoms with van der Waals surface area (Å²) in [5.74, 6) is -0.291. The highest BCUT2D eigenvalue weighted by atomic mass is 19.1. The van der Waals surface area contributed by atoms with Crippen LogP contribution in [-0.2, 0) is 0 Å². The van der Waals surface area contributed by atoms with Crippen LogP contribution in [0.2, 0.25) is 0 Å². The van der Waals surface area contributed by atoms with Crippen LogP contribution < -0.4 is 20.9 Å². The van der Waals surface area contributed by atoms with Crippen LogP contribution in [0.3, 0.4) is 0 Å². The Kier molecular flexibility index (Phi) is 5.92. The Morgan fingerprint density at radius 1 is 0.935 bits per heavy atom. The molecule has 0 saturated carbocycles. The third kappa shape index (κ3) is 5.06. The lowest BCUT2D eigenvalue weighted by Gasteiger charge is -2.17. The minimum Gasteiger partial charge on any atom is -0.356 e. The van der Waals surface area contributed by atoms with Gasteiger partial charge in [-0.25, -0.2) is 18.6 Å². The van der Waals surface area contributed by atoms with Gasteiger partial charge in [-0.15, -0.1) is 0 Å². The summed E-state index contributed by atoms with van der Waals surface area (Å²) in [6, 6.07) is 11.4. The topological polar surface area (TPSA) is 82.2 Å². The molecular weight excluding hydrogens is 402 g/mol. The molecule has 0 bridgehead atoms. The zero-order valence-electron chi connectivity index (χ0n) is 17.0. The number of nitrogens with one attached hydrogen (secondary N) is 3. The highest BCUT2D eigenvalue weighted by Gasteiger charge is 2.15. The van der Waals surface area contributed by atoms with Gasteiger partial charge in [0.2, 0.25) is 5.95 Å². The summed E-state index contributed by atoms with van der Waals surface area (Å²) in [6.45, 7) is 3.92. The Morgan fingerprint density at radius 2 is 1.58 bits per heavy atom. The predicted molar refractivity (Wildman–Crippen MR) is 117 cm³/mol. The van der Waals surface area contributed by atoms with Crippen molar-refractivity contribution in [3.8, 4) is 0 Å². The standard InChI is InChI=1S/C22H22F2N6O/c1-14-13-19(30-11-2-3-12-30)28-21(25-14)26-15-7-9-16(10-8-15)27-22(31)29-20-17(23)5-4-6-18(20)24/h4-10,13H,2-3,11-12H2,1H3,(H,25,26,28)(H2,27,29,31). The zero-order chi connectivity index (χ0) is 21.8. The summed E-state index contributed by atoms with van der Waals surface area (Å²) in [7, 11) is 0. The third-order valence-electron chi connectivity index (χ3n) is 4.87. The smallest absolute Gasteiger partial charge is 0.323 e. The number of hydrogen-bond donors (Lipinski definition) is 3. The molecule has 4 rings (SSSR count). The quantitative estimate of drug-likeness (QED) is 0.534. The summed E-state index contributed by atoms with van der Waals surface area (Å²) < 4.78 is 27.3. The number of carbonyl (C=O) groups is 1. The number of aryl methyl sites for hydroxylation is 1. The first-order chi connectivity index (χ1) is 15.0. The van der Waals surface area contributed by atoms with Gasteiger partial charge in [0.25, 0.3) is 0 Å². The molecule has 1 aliphatic heterocycles. The third-order valence-corrected chi connectivity index (χ3v) is 4.87. The van der Waals surface area contributed by atoms with Crippen LogP contribution in [0.5, 0.6) is 0 Å². The molecule has 0 spiro atoms. The maximum Gasteiger partial charge on any atom is 0.323 e. The first kappa shape index (κ1) is 20.5. The molecule has 0 atom stereocenters. The predicted octanol–water partition coefficient (Wildman–Crippen LogP) is 5.05. The Morgan fingerprint density at radius 3 is 2.26 bits per heavy atom. The molecule has 0 radical (unpaired) electrons. The van der Waals surface area contributed by atoms with Gasteiger partial charge < -0.3 is 20.9 Å². The van der Waals surface area contributed by atoms with Gasteiger partial charge in [0.15, 0.2) is 0 Å². The summed E-state index contributed by atoms with van der Waals surface area (Å²) in [5.41, 5.74) is 1.57. The number of nitrogens with zero attached hydrogens (tertiary/aromatic N) is 3. The molecule has 9 heteroatoms. The Balaban J connectivity index is 1.40. The van der Waals surface area contributed by atoms with E-state index >= 15 is 0 Å². The fraction of sp³-hybridized carbons (Fsp3) is 0.227. The fourth-order valence-electron chi connectivity index (χ4n) is 3.38. The van der Waals surface area contributed by atoms with Gasteiger partial charge in [-0.05, 0) is 56.2 Å². The van der Waals surface area contributed by atoms with Crippen molar-refractivity contribution >= 4 is 34.9 Å². The van der Waals surface area contributed by atoms with Gasteiger partial charge in [-0.1, -0.05) is 6.07 Å². The Labute approximate surface area is 178 Å². The van der Waals surface area contributed by atoms with Gasteiger partial charge >= 0.3 is 6.03 Å². The lowest BCUT2D eigenvalue weighted by molar-refractivity contribution is 0.262. The Bertz CT molecular complexity index is 1060. The first-order valence-electron chi connectivity index (χ1n) is 9.98. The highest BCUT2D eigenvalue weighted by molar-refractivity contribution is 6.00. The number of urea groups is 1. The van der Waals surface area contributed by atoms with Crippen molar-refractivity contribution in [3.63, 3.8) is 0 Å². The fourth-order valence-corrected chi connectivity index (χ4v) is 3.38. The lowest BCUT2D eigenvalue weighted by Crippen LogP contribution is -2.21. The van der Waals surface area contributed by atoms with E-state index in [0.717, 1.165) is 55.3 Å². The highest BCUT2D eigenvalue weighted by Crippen LogP contribution is 2.23. The lowest BCUT2D eigenvalue weighted by atomic mass is 10.2. The molecule has 2 amide bonds. The van der Waals surface area contributed by atoms with E-state index in [9.17, 15) is 13.6 Å². The van der Waals surface area contributed by atoms with Gasteiger partial charge in [-0.2, -0.15) is 4.98 Å². The van der Waals surface area contributed by atoms with Crippen LogP contribution in [-0.4, -0.2) is 29.1 Å². The second kappa shape index (κ2) is 8.95. The van der Waals surface area contributed by atoms with Crippen LogP contribution in [0, 0.1) is 18.6 Å². The normalized spacial score (nSPS) is 13.2. The summed E-state index contributed by atoms with van der Waals surface area (Å²) in [5, 5.41) is 7.89. The van der Waals surface area contributed by atoms with E-state index in [0.29, 0.717) is 11.6 Å². The van der Waals surface area contributed by atoms with Gasteiger partial charge in [-0.3, -0.25) is 0 Å². The molecule has 31 heavy (non-hydrogen) atoms. The zero-order valence-corrected chi connectivity index (χ0v) is 17.0. The van der Waals surface area contributed by atoms with Crippen molar-refractivity contribution in [2.24, 2.45) is 0 Å². The number of benzene rings is 2. The van der Waals surface area contributed by atoms with Gasteiger partial charge in [0.05, 0.1) is 0 Å². The summed E-state index contributed by atoms with van der Waals surface area (Å²) in [6.07, 6.45) is 2.33. The minimum absolute atomic E-state index is 0.461. The van der Waals surface area contributed by atoms with Gasteiger partial charge in [0, 0.05) is 36.2 Å². The van der Waals surface area contributed by atoms with Crippen LogP contribution in [0.1, 0.15) is 18.5 Å². The van der Waals surface area contributed by atoms with E-state index in [1.807, 2.05) is 13.0 Å². The molecule has 2 heterocycles. The average molecular weight is 424 g/mol. The minimum atomic E-state index is -0.846. The molecule has 1 saturated heterocycles. The number of rotatable bonds is 5. The van der Waals surface area contributed by atoms with Crippen LogP contribution >= 0.6 is 0 Å². The number of anilines is 5. The molecule has 0 unspecified atom stereocenters. The molecule has 3 N–H and O–H groups in total. The molecule has 1 aromatic heterocycles. The van der Waals surface area contributed by atoms with Crippen LogP contribution in [0.15, 0.2) is 48.5 Å². The monoisotopic (exact) mass is 424 g/mol. The largest absolute Gasteiger partial charge is 0.356 e. The number of para-hydroxylation sites is 1. The number of hydrogen-bond acceptors (Lipinski definition) is 5. The van der Waals surface area contributed by atoms with Gasteiger partial charge in [0.1, 0.15) is 23.1 Å². The molecule has 1 aliphatic rings. The van der Waals surface area contributed by atoms with E-state index in [2.05, 4.69) is 30.8 Å². The molecule has 7 nitrogen and oxygen atoms in total. The van der Waals surface area contributed by atoms with Crippen molar-refractivity contribution in [2.75, 3.05) is 33.9 Å². The molecule has 1 fully saturated rings. The van der Waals surface area contributed by atoms with E-state index in [1.54, 1.807) is 24.3 Å². The van der Waals surface area contributed by atoms with Crippen molar-refractivity contribution in [3.05, 3.63) is 65.9 Å². The van der Waals surface area contributed by atoms with Crippen LogP contribution in [0.4, 0.5) is 42.4 Å². The molecular formula is C22H22F2N6O. The van der Waals surface area contributed by atoms with E-state index < -0.39 is 23.4 Å². The number of carbonyl (C=O) groups excluding carboxylic acids is 1. The summed E-state index contributed by atoms with van der Waals surface area (Å²) in [4.78, 5) is 23.3. The molecule has 2 aromatic carbocycles. The van der Waals surface area contributed by atoms with E-state index in [-0.39, 0.29) is 0 Å². The first-order valence-corrected chi connectivity index (χ1v) is 9.98. The number of halogens is 2. The van der Waals surface area contributed by atoms with Crippen LogP contribution in [0.25, 0.3) is 0 Å². The SMILES string of the molecule is Cc1cc(N2CCCC2)nc(Nc2ccc(NC(=O)Nc3c(F)cccc3F)cc2)n1. The van der Waals surface area contributed by atoms with E-state index in [4.69, 9.17) is 0 Å². The second-order valence-corrected chi connectivity index (χ2v) is 7.26.